The second-order valence-corrected chi connectivity index (χ2v) is 7.03. The fourth-order valence-electron chi connectivity index (χ4n) is 3.61. The van der Waals surface area contributed by atoms with E-state index in [-0.39, 0.29) is 17.9 Å². The topological polar surface area (TPSA) is 103 Å². The van der Waals surface area contributed by atoms with Crippen LogP contribution in [0.4, 0.5) is 0 Å². The molecule has 1 aromatic heterocycles. The van der Waals surface area contributed by atoms with Crippen LogP contribution in [0.15, 0.2) is 36.5 Å². The number of carboxylic acid groups (broad SMARTS) is 1. The molecule has 0 aliphatic carbocycles. The minimum absolute atomic E-state index is 0.0746. The van der Waals surface area contributed by atoms with Crippen molar-refractivity contribution >= 4 is 16.7 Å². The van der Waals surface area contributed by atoms with Crippen LogP contribution in [0.5, 0.6) is 23.0 Å². The molecule has 7 nitrogen and oxygen atoms in total. The summed E-state index contributed by atoms with van der Waals surface area (Å²) in [6.07, 6.45) is 3.69. The van der Waals surface area contributed by atoms with Crippen molar-refractivity contribution in [2.24, 2.45) is 0 Å². The number of aliphatic carboxylic acids is 1. The lowest BCUT2D eigenvalue weighted by atomic mass is 9.95. The summed E-state index contributed by atoms with van der Waals surface area (Å²) in [5, 5.41) is 31.1. The van der Waals surface area contributed by atoms with E-state index in [1.165, 1.54) is 0 Å². The number of aromatic hydroxyl groups is 2. The van der Waals surface area contributed by atoms with Crippen LogP contribution in [-0.4, -0.2) is 30.4 Å². The van der Waals surface area contributed by atoms with Gasteiger partial charge in [0.2, 0.25) is 5.69 Å². The van der Waals surface area contributed by atoms with E-state index in [4.69, 9.17) is 9.47 Å². The number of nitrogens with zero attached hydrogens (tertiary/aromatic N) is 1. The molecule has 3 aromatic rings. The number of aromatic nitrogens is 1. The zero-order valence-corrected chi connectivity index (χ0v) is 17.3. The largest absolute Gasteiger partial charge is 0.550 e. The van der Waals surface area contributed by atoms with Gasteiger partial charge in [-0.05, 0) is 41.6 Å². The molecule has 1 aliphatic heterocycles. The van der Waals surface area contributed by atoms with Crippen LogP contribution in [0.1, 0.15) is 25.3 Å². The van der Waals surface area contributed by atoms with Gasteiger partial charge in [0.05, 0.1) is 25.2 Å². The number of fused-ring (bicyclic) bond motifs is 4. The van der Waals surface area contributed by atoms with Gasteiger partial charge in [-0.2, -0.15) is 4.57 Å². The fourth-order valence-corrected chi connectivity index (χ4v) is 3.61. The first-order valence-corrected chi connectivity index (χ1v) is 9.72. The van der Waals surface area contributed by atoms with E-state index in [9.17, 15) is 20.1 Å². The van der Waals surface area contributed by atoms with E-state index in [0.29, 0.717) is 17.9 Å². The average Bonchev–Trinajstić information content (AvgIpc) is 2.72. The van der Waals surface area contributed by atoms with E-state index in [1.54, 1.807) is 33.3 Å². The summed E-state index contributed by atoms with van der Waals surface area (Å²) in [5.41, 5.74) is 2.98. The van der Waals surface area contributed by atoms with Gasteiger partial charge in [0, 0.05) is 18.5 Å². The first-order valence-electron chi connectivity index (χ1n) is 9.72. The maximum Gasteiger partial charge on any atom is 0.213 e. The van der Waals surface area contributed by atoms with Gasteiger partial charge in [0.1, 0.15) is 0 Å². The van der Waals surface area contributed by atoms with Crippen molar-refractivity contribution < 1.29 is 34.2 Å². The second kappa shape index (κ2) is 8.90. The van der Waals surface area contributed by atoms with Gasteiger partial charge < -0.3 is 29.6 Å². The van der Waals surface area contributed by atoms with Crippen molar-refractivity contribution in [3.05, 3.63) is 42.1 Å². The molecule has 4 rings (SSSR count). The number of hydrogen-bond donors (Lipinski definition) is 2. The van der Waals surface area contributed by atoms with Gasteiger partial charge in [-0.3, -0.25) is 0 Å². The lowest BCUT2D eigenvalue weighted by molar-refractivity contribution is -0.686. The summed E-state index contributed by atoms with van der Waals surface area (Å²) in [7, 11) is 3.26. The van der Waals surface area contributed by atoms with E-state index in [0.717, 1.165) is 40.6 Å². The lowest BCUT2D eigenvalue weighted by Gasteiger charge is -2.17. The third-order valence-electron chi connectivity index (χ3n) is 5.06. The van der Waals surface area contributed by atoms with Crippen LogP contribution in [0.25, 0.3) is 22.0 Å². The zero-order valence-electron chi connectivity index (χ0n) is 17.3. The highest BCUT2D eigenvalue weighted by atomic mass is 16.5. The van der Waals surface area contributed by atoms with Crippen LogP contribution in [0.3, 0.4) is 0 Å². The van der Waals surface area contributed by atoms with Crippen LogP contribution >= 0.6 is 0 Å². The van der Waals surface area contributed by atoms with Gasteiger partial charge in [-0.25, -0.2) is 0 Å². The molecule has 0 bridgehead atoms. The van der Waals surface area contributed by atoms with Gasteiger partial charge in [-0.1, -0.05) is 13.3 Å². The Morgan fingerprint density at radius 3 is 2.47 bits per heavy atom. The number of aryl methyl sites for hydroxylation is 2. The molecule has 30 heavy (non-hydrogen) atoms. The van der Waals surface area contributed by atoms with Crippen molar-refractivity contribution in [2.75, 3.05) is 14.2 Å². The molecule has 0 radical (unpaired) electrons. The number of ether oxygens (including phenoxy) is 2. The minimum atomic E-state index is -0.961. The normalized spacial score (nSPS) is 11.7. The lowest BCUT2D eigenvalue weighted by Crippen LogP contribution is -2.40. The van der Waals surface area contributed by atoms with Crippen molar-refractivity contribution in [1.29, 1.82) is 0 Å². The van der Waals surface area contributed by atoms with E-state index in [1.807, 2.05) is 12.1 Å². The van der Waals surface area contributed by atoms with Crippen LogP contribution in [-0.2, 0) is 17.8 Å². The molecule has 0 spiro atoms. The molecule has 2 heterocycles. The standard InChI is InChI=1S/C19H17NO4.C4H8O2/c1-23-18-4-3-11-7-15-13-9-17(22)16(21)8-12(13)5-6-20(15)10-14(11)19(18)24-2;1-2-3-4(5)6/h3-4,7-10,22H,5-6H2,1-2H3;2-3H2,1H3,(H,5,6). The summed E-state index contributed by atoms with van der Waals surface area (Å²) < 4.78 is 13.1. The highest BCUT2D eigenvalue weighted by Crippen LogP contribution is 2.39. The van der Waals surface area contributed by atoms with Crippen LogP contribution in [0.2, 0.25) is 0 Å². The molecule has 0 saturated heterocycles. The summed E-state index contributed by atoms with van der Waals surface area (Å²) in [6, 6.07) is 9.23. The quantitative estimate of drug-likeness (QED) is 0.505. The van der Waals surface area contributed by atoms with E-state index >= 15 is 0 Å². The zero-order chi connectivity index (χ0) is 21.8. The summed E-state index contributed by atoms with van der Waals surface area (Å²) >= 11 is 0. The van der Waals surface area contributed by atoms with Crippen molar-refractivity contribution in [1.82, 2.24) is 0 Å². The number of benzene rings is 2. The van der Waals surface area contributed by atoms with Crippen LogP contribution < -0.4 is 19.1 Å². The van der Waals surface area contributed by atoms with Crippen LogP contribution in [0, 0.1) is 0 Å². The molecular weight excluding hydrogens is 386 g/mol. The minimum Gasteiger partial charge on any atom is -0.550 e. The van der Waals surface area contributed by atoms with E-state index < -0.39 is 5.97 Å². The highest BCUT2D eigenvalue weighted by molar-refractivity contribution is 5.91. The molecule has 0 fully saturated rings. The molecule has 2 N–H and O–H groups in total. The molecule has 0 atom stereocenters. The Morgan fingerprint density at radius 2 is 1.87 bits per heavy atom. The third-order valence-corrected chi connectivity index (χ3v) is 5.06. The van der Waals surface area contributed by atoms with Crippen molar-refractivity contribution in [3.63, 3.8) is 0 Å². The summed E-state index contributed by atoms with van der Waals surface area (Å²) in [4.78, 5) is 9.49. The number of carboxylic acids is 1. The monoisotopic (exact) mass is 411 g/mol. The molecule has 0 unspecified atom stereocenters. The summed E-state index contributed by atoms with van der Waals surface area (Å²) in [6.45, 7) is 2.60. The van der Waals surface area contributed by atoms with Gasteiger partial charge in [0.15, 0.2) is 35.7 Å². The van der Waals surface area contributed by atoms with Gasteiger partial charge in [-0.15, -0.1) is 0 Å². The third kappa shape index (κ3) is 4.10. The fraction of sp³-hybridized carbons (Fsp3) is 0.304. The highest BCUT2D eigenvalue weighted by Gasteiger charge is 2.26. The number of methoxy groups -OCH3 is 2. The number of hydrogen-bond acceptors (Lipinski definition) is 6. The van der Waals surface area contributed by atoms with E-state index in [2.05, 4.69) is 16.8 Å². The number of pyridine rings is 1. The van der Waals surface area contributed by atoms with Crippen molar-refractivity contribution in [3.8, 4) is 34.3 Å². The Balaban J connectivity index is 0.000000377. The predicted octanol–water partition coefficient (Wildman–Crippen LogP) is 2.32. The predicted molar refractivity (Wildman–Crippen MR) is 110 cm³/mol. The number of carbonyl (C=O) groups excluding carboxylic acids is 1. The molecular formula is C23H25NO6. The number of rotatable bonds is 4. The molecule has 2 aromatic carbocycles. The molecule has 7 heteroatoms. The Kier molecular flexibility index (Phi) is 6.30. The molecule has 0 saturated carbocycles. The number of phenolic OH excluding ortho intramolecular Hbond substituents is 2. The SMILES string of the molecule is CCCC(=O)[O-].COc1ccc2cc3[n+](cc2c1OC)CCc1cc(O)c(O)cc1-3. The Hall–Kier alpha value is -3.48. The molecule has 158 valence electrons. The first-order chi connectivity index (χ1) is 14.4. The first kappa shape index (κ1) is 21.2. The maximum absolute atomic E-state index is 9.87. The Labute approximate surface area is 174 Å². The molecule has 1 aliphatic rings. The Bertz CT molecular complexity index is 1090. The number of phenols is 2. The van der Waals surface area contributed by atoms with Gasteiger partial charge >= 0.3 is 0 Å². The average molecular weight is 411 g/mol. The molecule has 0 amide bonds. The smallest absolute Gasteiger partial charge is 0.213 e. The summed E-state index contributed by atoms with van der Waals surface area (Å²) in [5.74, 6) is 0.274. The maximum atomic E-state index is 9.87. The second-order valence-electron chi connectivity index (χ2n) is 7.03. The number of carbonyl (C=O) groups is 1. The van der Waals surface area contributed by atoms with Crippen molar-refractivity contribution in [2.45, 2.75) is 32.7 Å². The Morgan fingerprint density at radius 1 is 1.13 bits per heavy atom. The van der Waals surface area contributed by atoms with Gasteiger partial charge in [0.25, 0.3) is 0 Å².